The summed E-state index contributed by atoms with van der Waals surface area (Å²) in [5.74, 6) is -0.687. The van der Waals surface area contributed by atoms with Crippen molar-refractivity contribution in [3.63, 3.8) is 0 Å². The van der Waals surface area contributed by atoms with Crippen molar-refractivity contribution in [3.8, 4) is 0 Å². The highest BCUT2D eigenvalue weighted by Crippen LogP contribution is 2.24. The van der Waals surface area contributed by atoms with Crippen LogP contribution in [0.2, 0.25) is 0 Å². The van der Waals surface area contributed by atoms with Crippen LogP contribution in [0, 0.1) is 0 Å². The summed E-state index contributed by atoms with van der Waals surface area (Å²) in [5.41, 5.74) is 0.787. The van der Waals surface area contributed by atoms with Gasteiger partial charge in [0.2, 0.25) is 6.29 Å². The topological polar surface area (TPSA) is 80.3 Å². The summed E-state index contributed by atoms with van der Waals surface area (Å²) in [7, 11) is 0. The van der Waals surface area contributed by atoms with E-state index in [0.29, 0.717) is 30.1 Å². The lowest BCUT2D eigenvalue weighted by Gasteiger charge is -2.32. The summed E-state index contributed by atoms with van der Waals surface area (Å²) in [6.07, 6.45) is -0.859. The van der Waals surface area contributed by atoms with Crippen LogP contribution in [0.3, 0.4) is 0 Å². The molecule has 0 N–H and O–H groups in total. The van der Waals surface area contributed by atoms with Crippen LogP contribution >= 0.6 is 0 Å². The molecule has 1 aliphatic rings. The molecule has 31 heavy (non-hydrogen) atoms. The number of hydrogen-bond donors (Lipinski definition) is 0. The number of carbonyl (C=O) groups is 2. The molecular formula is C24H26O7. The summed E-state index contributed by atoms with van der Waals surface area (Å²) < 4.78 is 28.2. The molecule has 1 heterocycles. The molecule has 2 aromatic rings. The minimum atomic E-state index is -0.868. The first-order chi connectivity index (χ1) is 15.1. The predicted molar refractivity (Wildman–Crippen MR) is 112 cm³/mol. The molecule has 0 fully saturated rings. The molecule has 7 nitrogen and oxygen atoms in total. The molecule has 0 unspecified atom stereocenters. The highest BCUT2D eigenvalue weighted by atomic mass is 16.7. The minimum Gasteiger partial charge on any atom is -0.489 e. The zero-order valence-electron chi connectivity index (χ0n) is 17.6. The molecule has 0 amide bonds. The van der Waals surface area contributed by atoms with Gasteiger partial charge in [-0.05, 0) is 38.1 Å². The molecule has 0 saturated carbocycles. The van der Waals surface area contributed by atoms with Gasteiger partial charge in [0.25, 0.3) is 0 Å². The van der Waals surface area contributed by atoms with Crippen LogP contribution in [-0.2, 0) is 23.7 Å². The molecule has 164 valence electrons. The number of ether oxygens (including phenoxy) is 5. The third kappa shape index (κ3) is 6.16. The Bertz CT molecular complexity index is 873. The number of hydrogen-bond acceptors (Lipinski definition) is 7. The fraction of sp³-hybridized carbons (Fsp3) is 0.333. The SMILES string of the molecule is CCOC(OCC)C1=C[C@H](OC(=O)c2ccccc2)[C@H](OC(=O)c2ccccc2)CO1. The van der Waals surface area contributed by atoms with E-state index in [9.17, 15) is 9.59 Å². The van der Waals surface area contributed by atoms with Crippen molar-refractivity contribution >= 4 is 11.9 Å². The molecule has 2 aromatic carbocycles. The summed E-state index contributed by atoms with van der Waals surface area (Å²) in [5, 5.41) is 0. The van der Waals surface area contributed by atoms with Crippen molar-refractivity contribution in [2.24, 2.45) is 0 Å². The summed E-state index contributed by atoms with van der Waals surface area (Å²) in [6.45, 7) is 4.49. The second-order valence-electron chi connectivity index (χ2n) is 6.67. The van der Waals surface area contributed by atoms with Crippen molar-refractivity contribution in [1.29, 1.82) is 0 Å². The molecule has 7 heteroatoms. The van der Waals surface area contributed by atoms with E-state index in [4.69, 9.17) is 23.7 Å². The highest BCUT2D eigenvalue weighted by Gasteiger charge is 2.35. The van der Waals surface area contributed by atoms with Gasteiger partial charge >= 0.3 is 11.9 Å². The van der Waals surface area contributed by atoms with E-state index in [-0.39, 0.29) is 6.61 Å². The number of carbonyl (C=O) groups excluding carboxylic acids is 2. The highest BCUT2D eigenvalue weighted by molar-refractivity contribution is 5.90. The molecule has 0 aliphatic carbocycles. The quantitative estimate of drug-likeness (QED) is 0.446. The maximum Gasteiger partial charge on any atom is 0.338 e. The number of esters is 2. The van der Waals surface area contributed by atoms with Crippen LogP contribution in [-0.4, -0.2) is 50.3 Å². The molecule has 0 saturated heterocycles. The van der Waals surface area contributed by atoms with Gasteiger partial charge in [0.15, 0.2) is 18.0 Å². The van der Waals surface area contributed by atoms with E-state index < -0.39 is 30.4 Å². The zero-order chi connectivity index (χ0) is 22.1. The van der Waals surface area contributed by atoms with Crippen LogP contribution in [0.1, 0.15) is 34.6 Å². The van der Waals surface area contributed by atoms with Gasteiger partial charge in [0, 0.05) is 19.3 Å². The van der Waals surface area contributed by atoms with Crippen molar-refractivity contribution in [2.75, 3.05) is 19.8 Å². The molecule has 0 spiro atoms. The minimum absolute atomic E-state index is 0.00616. The second kappa shape index (κ2) is 11.3. The Kier molecular flexibility index (Phi) is 8.20. The molecular weight excluding hydrogens is 400 g/mol. The van der Waals surface area contributed by atoms with E-state index in [1.807, 2.05) is 26.0 Å². The van der Waals surface area contributed by atoms with Crippen LogP contribution in [0.25, 0.3) is 0 Å². The van der Waals surface area contributed by atoms with Crippen molar-refractivity contribution in [2.45, 2.75) is 32.3 Å². The van der Waals surface area contributed by atoms with E-state index in [2.05, 4.69) is 0 Å². The first kappa shape index (κ1) is 22.5. The monoisotopic (exact) mass is 426 g/mol. The smallest absolute Gasteiger partial charge is 0.338 e. The Morgan fingerprint density at radius 3 is 1.90 bits per heavy atom. The lowest BCUT2D eigenvalue weighted by molar-refractivity contribution is -0.149. The molecule has 1 aliphatic heterocycles. The van der Waals surface area contributed by atoms with Gasteiger partial charge in [-0.2, -0.15) is 0 Å². The Labute approximate surface area is 181 Å². The first-order valence-corrected chi connectivity index (χ1v) is 10.2. The lowest BCUT2D eigenvalue weighted by Crippen LogP contribution is -2.42. The van der Waals surface area contributed by atoms with E-state index in [1.165, 1.54) is 0 Å². The maximum absolute atomic E-state index is 12.6. The second-order valence-corrected chi connectivity index (χ2v) is 6.67. The Hall–Kier alpha value is -3.16. The van der Waals surface area contributed by atoms with Crippen LogP contribution in [0.5, 0.6) is 0 Å². The zero-order valence-corrected chi connectivity index (χ0v) is 17.6. The van der Waals surface area contributed by atoms with Crippen molar-refractivity contribution < 1.29 is 33.3 Å². The molecule has 2 atom stereocenters. The third-order valence-corrected chi connectivity index (χ3v) is 4.50. The summed E-state index contributed by atoms with van der Waals surface area (Å²) in [4.78, 5) is 25.2. The van der Waals surface area contributed by atoms with Crippen LogP contribution < -0.4 is 0 Å². The van der Waals surface area contributed by atoms with Gasteiger partial charge < -0.3 is 23.7 Å². The Morgan fingerprint density at radius 2 is 1.39 bits per heavy atom. The predicted octanol–water partition coefficient (Wildman–Crippen LogP) is 3.75. The largest absolute Gasteiger partial charge is 0.489 e. The van der Waals surface area contributed by atoms with Crippen molar-refractivity contribution in [1.82, 2.24) is 0 Å². The molecule has 3 rings (SSSR count). The fourth-order valence-electron chi connectivity index (χ4n) is 3.01. The van der Waals surface area contributed by atoms with Crippen LogP contribution in [0.15, 0.2) is 72.5 Å². The van der Waals surface area contributed by atoms with Gasteiger partial charge in [-0.3, -0.25) is 0 Å². The Morgan fingerprint density at radius 1 is 0.871 bits per heavy atom. The van der Waals surface area contributed by atoms with Gasteiger partial charge in [-0.15, -0.1) is 0 Å². The summed E-state index contributed by atoms with van der Waals surface area (Å²) in [6, 6.07) is 17.2. The van der Waals surface area contributed by atoms with Crippen LogP contribution in [0.4, 0.5) is 0 Å². The third-order valence-electron chi connectivity index (χ3n) is 4.50. The molecule has 0 bridgehead atoms. The van der Waals surface area contributed by atoms with E-state index >= 15 is 0 Å². The molecule has 0 aromatic heterocycles. The van der Waals surface area contributed by atoms with Crippen molar-refractivity contribution in [3.05, 3.63) is 83.6 Å². The number of rotatable bonds is 9. The first-order valence-electron chi connectivity index (χ1n) is 10.2. The van der Waals surface area contributed by atoms with Gasteiger partial charge in [0.1, 0.15) is 6.61 Å². The standard InChI is InChI=1S/C24H26O7/c1-3-27-24(28-4-2)20-15-19(30-22(25)17-11-7-5-8-12-17)21(16-29-20)31-23(26)18-13-9-6-10-14-18/h5-15,19,21,24H,3-4,16H2,1-2H3/t19-,21+/m0/s1. The number of benzene rings is 2. The lowest BCUT2D eigenvalue weighted by atomic mass is 10.1. The normalized spacial score (nSPS) is 18.1. The Balaban J connectivity index is 1.81. The van der Waals surface area contributed by atoms with Gasteiger partial charge in [-0.1, -0.05) is 36.4 Å². The maximum atomic E-state index is 12.6. The van der Waals surface area contributed by atoms with Gasteiger partial charge in [-0.25, -0.2) is 9.59 Å². The average molecular weight is 426 g/mol. The summed E-state index contributed by atoms with van der Waals surface area (Å²) >= 11 is 0. The van der Waals surface area contributed by atoms with E-state index in [0.717, 1.165) is 0 Å². The molecule has 0 radical (unpaired) electrons. The fourth-order valence-corrected chi connectivity index (χ4v) is 3.01. The van der Waals surface area contributed by atoms with E-state index in [1.54, 1.807) is 54.6 Å². The van der Waals surface area contributed by atoms with Gasteiger partial charge in [0.05, 0.1) is 11.1 Å². The average Bonchev–Trinajstić information content (AvgIpc) is 2.81.